The van der Waals surface area contributed by atoms with Gasteiger partial charge in [-0.25, -0.2) is 4.98 Å². The van der Waals surface area contributed by atoms with Crippen molar-refractivity contribution >= 4 is 28.6 Å². The zero-order valence-electron chi connectivity index (χ0n) is 11.3. The van der Waals surface area contributed by atoms with Crippen LogP contribution >= 0.6 is 11.6 Å². The summed E-state index contributed by atoms with van der Waals surface area (Å²) in [5.41, 5.74) is 1.58. The Morgan fingerprint density at radius 1 is 1.15 bits per heavy atom. The summed E-state index contributed by atoms with van der Waals surface area (Å²) in [6.45, 7) is 1.06. The number of hydrogen-bond donors (Lipinski definition) is 1. The predicted molar refractivity (Wildman–Crippen MR) is 79.0 cm³/mol. The minimum atomic E-state index is 0.289. The molecule has 4 rings (SSSR count). The largest absolute Gasteiger partial charge is 0.351 e. The van der Waals surface area contributed by atoms with Crippen LogP contribution in [-0.2, 0) is 0 Å². The molecule has 1 N–H and O–H groups in total. The predicted octanol–water partition coefficient (Wildman–Crippen LogP) is 3.17. The lowest BCUT2D eigenvalue weighted by molar-refractivity contribution is 0.243. The van der Waals surface area contributed by atoms with Gasteiger partial charge in [0, 0.05) is 12.6 Å². The first-order chi connectivity index (χ1) is 9.83. The summed E-state index contributed by atoms with van der Waals surface area (Å²) in [5.74, 6) is 1.75. The van der Waals surface area contributed by atoms with Gasteiger partial charge in [0.25, 0.3) is 0 Å². The van der Waals surface area contributed by atoms with Crippen LogP contribution in [0.1, 0.15) is 38.5 Å². The molecule has 0 bridgehead atoms. The molecule has 2 aromatic rings. The first kappa shape index (κ1) is 12.4. The van der Waals surface area contributed by atoms with Crippen LogP contribution < -0.4 is 4.90 Å². The molecule has 2 fully saturated rings. The quantitative estimate of drug-likeness (QED) is 0.820. The van der Waals surface area contributed by atoms with Crippen molar-refractivity contribution in [3.8, 4) is 0 Å². The highest BCUT2D eigenvalue weighted by atomic mass is 35.5. The van der Waals surface area contributed by atoms with E-state index in [-0.39, 0.29) is 5.28 Å². The molecule has 3 heterocycles. The third kappa shape index (κ3) is 1.95. The number of nitrogens with one attached hydrogen (secondary N) is 1. The number of piperidine rings is 1. The van der Waals surface area contributed by atoms with Gasteiger partial charge in [0.05, 0.1) is 6.33 Å². The molecule has 0 aromatic carbocycles. The van der Waals surface area contributed by atoms with Crippen molar-refractivity contribution in [3.05, 3.63) is 11.6 Å². The van der Waals surface area contributed by atoms with Crippen molar-refractivity contribution < 1.29 is 0 Å². The first-order valence-corrected chi connectivity index (χ1v) is 7.84. The molecule has 0 radical (unpaired) electrons. The SMILES string of the molecule is Clc1nc(N2CCCC3CCCCC32)c2[nH]cnc2n1. The molecule has 2 unspecified atom stereocenters. The molecule has 2 aliphatic rings. The van der Waals surface area contributed by atoms with E-state index in [1.165, 1.54) is 38.5 Å². The van der Waals surface area contributed by atoms with Crippen molar-refractivity contribution in [1.29, 1.82) is 0 Å². The lowest BCUT2D eigenvalue weighted by Crippen LogP contribution is -2.47. The lowest BCUT2D eigenvalue weighted by Gasteiger charge is -2.44. The third-order valence-electron chi connectivity index (χ3n) is 4.75. The van der Waals surface area contributed by atoms with Crippen LogP contribution in [0.4, 0.5) is 5.82 Å². The second-order valence-electron chi connectivity index (χ2n) is 5.86. The summed E-state index contributed by atoms with van der Waals surface area (Å²) in [6.07, 6.45) is 9.57. The fourth-order valence-corrected chi connectivity index (χ4v) is 4.05. The number of nitrogens with zero attached hydrogens (tertiary/aromatic N) is 4. The maximum Gasteiger partial charge on any atom is 0.226 e. The number of H-pyrrole nitrogens is 1. The van der Waals surface area contributed by atoms with Crippen LogP contribution in [0.3, 0.4) is 0 Å². The normalized spacial score (nSPS) is 26.8. The van der Waals surface area contributed by atoms with E-state index in [0.29, 0.717) is 11.7 Å². The van der Waals surface area contributed by atoms with Crippen molar-refractivity contribution in [2.45, 2.75) is 44.6 Å². The highest BCUT2D eigenvalue weighted by Gasteiger charge is 2.35. The van der Waals surface area contributed by atoms with Gasteiger partial charge in [0.1, 0.15) is 5.52 Å². The molecule has 1 saturated heterocycles. The maximum absolute atomic E-state index is 6.07. The Morgan fingerprint density at radius 2 is 2.00 bits per heavy atom. The number of fused-ring (bicyclic) bond motifs is 2. The fourth-order valence-electron chi connectivity index (χ4n) is 3.89. The van der Waals surface area contributed by atoms with Crippen molar-refractivity contribution in [1.82, 2.24) is 19.9 Å². The summed E-state index contributed by atoms with van der Waals surface area (Å²) in [6, 6.07) is 0.606. The number of hydrogen-bond acceptors (Lipinski definition) is 4. The molecule has 106 valence electrons. The third-order valence-corrected chi connectivity index (χ3v) is 4.92. The molecular weight excluding hydrogens is 274 g/mol. The average Bonchev–Trinajstić information content (AvgIpc) is 2.94. The van der Waals surface area contributed by atoms with Gasteiger partial charge in [-0.05, 0) is 43.2 Å². The average molecular weight is 292 g/mol. The second-order valence-corrected chi connectivity index (χ2v) is 6.20. The minimum absolute atomic E-state index is 0.289. The highest BCUT2D eigenvalue weighted by molar-refractivity contribution is 6.28. The molecule has 2 atom stereocenters. The molecule has 0 spiro atoms. The zero-order chi connectivity index (χ0) is 13.5. The van der Waals surface area contributed by atoms with Crippen molar-refractivity contribution in [3.63, 3.8) is 0 Å². The van der Waals surface area contributed by atoms with Crippen molar-refractivity contribution in [2.75, 3.05) is 11.4 Å². The Morgan fingerprint density at radius 3 is 2.95 bits per heavy atom. The molecule has 6 heteroatoms. The van der Waals surface area contributed by atoms with E-state index in [9.17, 15) is 0 Å². The fraction of sp³-hybridized carbons (Fsp3) is 0.643. The van der Waals surface area contributed by atoms with E-state index in [1.807, 2.05) is 0 Å². The molecule has 2 aromatic heterocycles. The van der Waals surface area contributed by atoms with Gasteiger partial charge < -0.3 is 9.88 Å². The van der Waals surface area contributed by atoms with E-state index in [1.54, 1.807) is 6.33 Å². The minimum Gasteiger partial charge on any atom is -0.351 e. The number of halogens is 1. The second kappa shape index (κ2) is 4.88. The van der Waals surface area contributed by atoms with E-state index < -0.39 is 0 Å². The van der Waals surface area contributed by atoms with Gasteiger partial charge in [0.15, 0.2) is 11.5 Å². The summed E-state index contributed by atoms with van der Waals surface area (Å²) in [4.78, 5) is 18.5. The van der Waals surface area contributed by atoms with Gasteiger partial charge in [-0.3, -0.25) is 0 Å². The molecule has 1 saturated carbocycles. The van der Waals surface area contributed by atoms with Gasteiger partial charge in [0.2, 0.25) is 5.28 Å². The van der Waals surface area contributed by atoms with Gasteiger partial charge in [-0.1, -0.05) is 12.8 Å². The Balaban J connectivity index is 1.79. The van der Waals surface area contributed by atoms with Crippen LogP contribution in [0.5, 0.6) is 0 Å². The van der Waals surface area contributed by atoms with Crippen LogP contribution in [0.25, 0.3) is 11.2 Å². The lowest BCUT2D eigenvalue weighted by atomic mass is 9.78. The standard InChI is InChI=1S/C14H18ClN5/c15-14-18-12-11(16-8-17-12)13(19-14)20-7-3-5-9-4-1-2-6-10(9)20/h8-10H,1-7H2,(H,16,17,18,19). The summed E-state index contributed by atoms with van der Waals surface area (Å²) >= 11 is 6.07. The van der Waals surface area contributed by atoms with Gasteiger partial charge in [-0.2, -0.15) is 9.97 Å². The number of rotatable bonds is 1. The first-order valence-electron chi connectivity index (χ1n) is 7.46. The Bertz CT molecular complexity index is 623. The van der Waals surface area contributed by atoms with Crippen LogP contribution in [0.15, 0.2) is 6.33 Å². The van der Waals surface area contributed by atoms with E-state index >= 15 is 0 Å². The molecule has 5 nitrogen and oxygen atoms in total. The summed E-state index contributed by atoms with van der Waals surface area (Å²) < 4.78 is 0. The Hall–Kier alpha value is -1.36. The monoisotopic (exact) mass is 291 g/mol. The topological polar surface area (TPSA) is 57.7 Å². The summed E-state index contributed by atoms with van der Waals surface area (Å²) in [7, 11) is 0. The smallest absolute Gasteiger partial charge is 0.226 e. The summed E-state index contributed by atoms with van der Waals surface area (Å²) in [5, 5.41) is 0.289. The van der Waals surface area contributed by atoms with Crippen molar-refractivity contribution in [2.24, 2.45) is 5.92 Å². The molecular formula is C14H18ClN5. The van der Waals surface area contributed by atoms with Gasteiger partial charge in [-0.15, -0.1) is 0 Å². The Kier molecular flexibility index (Phi) is 3.02. The highest BCUT2D eigenvalue weighted by Crippen LogP contribution is 2.38. The van der Waals surface area contributed by atoms with Crippen LogP contribution in [-0.4, -0.2) is 32.5 Å². The van der Waals surface area contributed by atoms with E-state index in [4.69, 9.17) is 11.6 Å². The molecule has 20 heavy (non-hydrogen) atoms. The van der Waals surface area contributed by atoms with E-state index in [0.717, 1.165) is 23.8 Å². The van der Waals surface area contributed by atoms with E-state index in [2.05, 4.69) is 24.8 Å². The molecule has 1 aliphatic carbocycles. The maximum atomic E-state index is 6.07. The van der Waals surface area contributed by atoms with Crippen LogP contribution in [0, 0.1) is 5.92 Å². The number of aromatic amines is 1. The molecule has 0 amide bonds. The molecule has 1 aliphatic heterocycles. The van der Waals surface area contributed by atoms with Gasteiger partial charge >= 0.3 is 0 Å². The van der Waals surface area contributed by atoms with Crippen LogP contribution in [0.2, 0.25) is 5.28 Å². The number of anilines is 1. The zero-order valence-corrected chi connectivity index (χ0v) is 12.1. The number of aromatic nitrogens is 4. The Labute approximate surface area is 122 Å². The number of imidazole rings is 1.